The molecule has 0 aliphatic carbocycles. The van der Waals surface area contributed by atoms with Gasteiger partial charge in [0.05, 0.1) is 22.3 Å². The van der Waals surface area contributed by atoms with Gasteiger partial charge in [0.25, 0.3) is 5.91 Å². The van der Waals surface area contributed by atoms with Gasteiger partial charge in [-0.2, -0.15) is 4.99 Å². The smallest absolute Gasteiger partial charge is 0.283 e. The topological polar surface area (TPSA) is 43.6 Å². The van der Waals surface area contributed by atoms with Crippen LogP contribution in [0.15, 0.2) is 83.9 Å². The third-order valence-electron chi connectivity index (χ3n) is 4.12. The van der Waals surface area contributed by atoms with Crippen LogP contribution in [0.25, 0.3) is 10.2 Å². The highest BCUT2D eigenvalue weighted by atomic mass is 32.1. The van der Waals surface area contributed by atoms with Crippen LogP contribution in [0.4, 0.5) is 0 Å². The number of hydrogen-bond acceptors (Lipinski definition) is 3. The zero-order chi connectivity index (χ0) is 19.3. The van der Waals surface area contributed by atoms with Crippen molar-refractivity contribution >= 4 is 27.5 Å². The molecule has 0 bridgehead atoms. The first-order chi connectivity index (χ1) is 13.8. The molecule has 0 unspecified atom stereocenters. The van der Waals surface area contributed by atoms with Crippen molar-refractivity contribution in [2.75, 3.05) is 0 Å². The van der Waals surface area contributed by atoms with E-state index in [0.29, 0.717) is 28.4 Å². The third-order valence-corrected chi connectivity index (χ3v) is 5.18. The van der Waals surface area contributed by atoms with Gasteiger partial charge in [-0.1, -0.05) is 59.7 Å². The number of thiazole rings is 1. The molecule has 5 heteroatoms. The summed E-state index contributed by atoms with van der Waals surface area (Å²) in [6.07, 6.45) is 5.52. The van der Waals surface area contributed by atoms with Crippen LogP contribution in [-0.4, -0.2) is 10.5 Å². The van der Waals surface area contributed by atoms with E-state index in [0.717, 1.165) is 10.2 Å². The van der Waals surface area contributed by atoms with Crippen molar-refractivity contribution in [1.82, 2.24) is 4.57 Å². The van der Waals surface area contributed by atoms with E-state index in [1.807, 2.05) is 65.2 Å². The van der Waals surface area contributed by atoms with Crippen LogP contribution >= 0.6 is 11.3 Å². The van der Waals surface area contributed by atoms with Gasteiger partial charge in [0.1, 0.15) is 11.5 Å². The molecule has 0 radical (unpaired) electrons. The number of hydrogen-bond donors (Lipinski definition) is 0. The lowest BCUT2D eigenvalue weighted by Gasteiger charge is -2.08. The van der Waals surface area contributed by atoms with Gasteiger partial charge < -0.3 is 9.30 Å². The third kappa shape index (κ3) is 3.59. The number of carbonyl (C=O) groups is 1. The number of terminal acetylenes is 1. The molecule has 4 nitrogen and oxygen atoms in total. The number of rotatable bonds is 4. The molecule has 0 atom stereocenters. The molecule has 4 aromatic rings. The second-order valence-electron chi connectivity index (χ2n) is 5.97. The molecule has 0 saturated heterocycles. The van der Waals surface area contributed by atoms with Crippen molar-refractivity contribution in [1.29, 1.82) is 0 Å². The number of nitrogens with zero attached hydrogens (tertiary/aromatic N) is 2. The Morgan fingerprint density at radius 3 is 2.54 bits per heavy atom. The Morgan fingerprint density at radius 1 is 1.00 bits per heavy atom. The average Bonchev–Trinajstić information content (AvgIpc) is 3.06. The van der Waals surface area contributed by atoms with E-state index in [1.165, 1.54) is 11.3 Å². The Bertz CT molecular complexity index is 1250. The average molecular weight is 384 g/mol. The molecule has 0 aliphatic heterocycles. The fourth-order valence-corrected chi connectivity index (χ4v) is 3.87. The summed E-state index contributed by atoms with van der Waals surface area (Å²) in [7, 11) is 0. The van der Waals surface area contributed by atoms with Crippen LogP contribution in [0.2, 0.25) is 0 Å². The van der Waals surface area contributed by atoms with E-state index in [9.17, 15) is 4.79 Å². The Morgan fingerprint density at radius 2 is 1.71 bits per heavy atom. The molecule has 28 heavy (non-hydrogen) atoms. The highest BCUT2D eigenvalue weighted by molar-refractivity contribution is 7.16. The van der Waals surface area contributed by atoms with E-state index < -0.39 is 0 Å². The SMILES string of the molecule is C#CCn1c(=NC(=O)c2ccccc2Oc2ccccc2)sc2ccccc21. The minimum atomic E-state index is -0.371. The predicted octanol–water partition coefficient (Wildman–Crippen LogP) is 4.87. The van der Waals surface area contributed by atoms with Crippen LogP contribution in [0.1, 0.15) is 10.4 Å². The van der Waals surface area contributed by atoms with Gasteiger partial charge in [-0.25, -0.2) is 0 Å². The quantitative estimate of drug-likeness (QED) is 0.471. The molecule has 1 aromatic heterocycles. The van der Waals surface area contributed by atoms with Crippen LogP contribution < -0.4 is 9.54 Å². The summed E-state index contributed by atoms with van der Waals surface area (Å²) in [4.78, 5) is 17.9. The fraction of sp³-hybridized carbons (Fsp3) is 0.0435. The van der Waals surface area contributed by atoms with E-state index in [1.54, 1.807) is 18.2 Å². The van der Waals surface area contributed by atoms with Gasteiger partial charge in [0.2, 0.25) is 0 Å². The molecule has 0 saturated carbocycles. The standard InChI is InChI=1S/C23H16N2O2S/c1-2-16-25-19-13-7-9-15-21(19)28-23(25)24-22(26)18-12-6-8-14-20(18)27-17-10-4-3-5-11-17/h1,3-15H,16H2. The first-order valence-electron chi connectivity index (χ1n) is 8.69. The first-order valence-corrected chi connectivity index (χ1v) is 9.51. The van der Waals surface area contributed by atoms with Crippen molar-refractivity contribution in [2.45, 2.75) is 6.54 Å². The summed E-state index contributed by atoms with van der Waals surface area (Å²) in [6, 6.07) is 24.3. The first kappa shape index (κ1) is 17.8. The summed E-state index contributed by atoms with van der Waals surface area (Å²) >= 11 is 1.44. The zero-order valence-electron chi connectivity index (χ0n) is 14.9. The normalized spacial score (nSPS) is 11.3. The van der Waals surface area contributed by atoms with Gasteiger partial charge in [-0.3, -0.25) is 4.79 Å². The van der Waals surface area contributed by atoms with Crippen molar-refractivity contribution in [3.8, 4) is 23.8 Å². The maximum Gasteiger partial charge on any atom is 0.283 e. The Hall–Kier alpha value is -3.62. The summed E-state index contributed by atoms with van der Waals surface area (Å²) in [5.74, 6) is 3.39. The minimum absolute atomic E-state index is 0.346. The number of carbonyl (C=O) groups excluding carboxylic acids is 1. The lowest BCUT2D eigenvalue weighted by Crippen LogP contribution is -2.16. The van der Waals surface area contributed by atoms with E-state index in [2.05, 4.69) is 10.9 Å². The number of amides is 1. The maximum absolute atomic E-state index is 13.0. The monoisotopic (exact) mass is 384 g/mol. The number of benzene rings is 3. The van der Waals surface area contributed by atoms with Crippen molar-refractivity contribution in [3.05, 3.63) is 89.2 Å². The summed E-state index contributed by atoms with van der Waals surface area (Å²) < 4.78 is 8.79. The van der Waals surface area contributed by atoms with E-state index in [-0.39, 0.29) is 5.91 Å². The summed E-state index contributed by atoms with van der Waals surface area (Å²) in [5.41, 5.74) is 1.36. The van der Waals surface area contributed by atoms with Crippen molar-refractivity contribution in [2.24, 2.45) is 4.99 Å². The minimum Gasteiger partial charge on any atom is -0.457 e. The van der Waals surface area contributed by atoms with Crippen molar-refractivity contribution < 1.29 is 9.53 Å². The lowest BCUT2D eigenvalue weighted by molar-refractivity contribution is 0.0995. The maximum atomic E-state index is 13.0. The van der Waals surface area contributed by atoms with Gasteiger partial charge in [0.15, 0.2) is 4.80 Å². The van der Waals surface area contributed by atoms with Gasteiger partial charge >= 0.3 is 0 Å². The fourth-order valence-electron chi connectivity index (χ4n) is 2.85. The molecular weight excluding hydrogens is 368 g/mol. The van der Waals surface area contributed by atoms with E-state index in [4.69, 9.17) is 11.2 Å². The number of aromatic nitrogens is 1. The summed E-state index contributed by atoms with van der Waals surface area (Å²) in [6.45, 7) is 0.346. The van der Waals surface area contributed by atoms with Crippen molar-refractivity contribution in [3.63, 3.8) is 0 Å². The summed E-state index contributed by atoms with van der Waals surface area (Å²) in [5, 5.41) is 0. The van der Waals surface area contributed by atoms with Crippen LogP contribution in [0.3, 0.4) is 0 Å². The molecule has 3 aromatic carbocycles. The second-order valence-corrected chi connectivity index (χ2v) is 6.98. The van der Waals surface area contributed by atoms with Gasteiger partial charge in [-0.05, 0) is 36.4 Å². The Labute approximate surface area is 166 Å². The predicted molar refractivity (Wildman–Crippen MR) is 111 cm³/mol. The van der Waals surface area contributed by atoms with Gasteiger partial charge in [0, 0.05) is 0 Å². The lowest BCUT2D eigenvalue weighted by atomic mass is 10.2. The molecule has 0 N–H and O–H groups in total. The molecule has 1 heterocycles. The molecule has 136 valence electrons. The molecule has 0 aliphatic rings. The largest absolute Gasteiger partial charge is 0.457 e. The van der Waals surface area contributed by atoms with Crippen LogP contribution in [-0.2, 0) is 6.54 Å². The number of para-hydroxylation sites is 3. The Kier molecular flexibility index (Phi) is 5.05. The number of fused-ring (bicyclic) bond motifs is 1. The zero-order valence-corrected chi connectivity index (χ0v) is 15.7. The highest BCUT2D eigenvalue weighted by Gasteiger charge is 2.13. The molecule has 1 amide bonds. The Balaban J connectivity index is 1.76. The molecule has 0 spiro atoms. The highest BCUT2D eigenvalue weighted by Crippen LogP contribution is 2.25. The molecular formula is C23H16N2O2S. The molecule has 0 fully saturated rings. The number of ether oxygens (including phenoxy) is 1. The van der Waals surface area contributed by atoms with Crippen LogP contribution in [0.5, 0.6) is 11.5 Å². The van der Waals surface area contributed by atoms with E-state index >= 15 is 0 Å². The van der Waals surface area contributed by atoms with Gasteiger partial charge in [-0.15, -0.1) is 6.42 Å². The second kappa shape index (κ2) is 7.95. The molecule has 4 rings (SSSR count). The van der Waals surface area contributed by atoms with Crippen LogP contribution in [0, 0.1) is 12.3 Å².